The molecule has 0 unspecified atom stereocenters. The predicted molar refractivity (Wildman–Crippen MR) is 102 cm³/mol. The summed E-state index contributed by atoms with van der Waals surface area (Å²) in [6.07, 6.45) is 0. The zero-order chi connectivity index (χ0) is 17.9. The molecule has 1 aliphatic rings. The van der Waals surface area contributed by atoms with Crippen LogP contribution in [0.4, 0.5) is 0 Å². The fourth-order valence-electron chi connectivity index (χ4n) is 2.44. The molecule has 0 atom stereocenters. The van der Waals surface area contributed by atoms with Gasteiger partial charge < -0.3 is 9.64 Å². The van der Waals surface area contributed by atoms with Crippen LogP contribution in [0.5, 0.6) is 0 Å². The Morgan fingerprint density at radius 2 is 1.64 bits per heavy atom. The monoisotopic (exact) mass is 442 g/mol. The van der Waals surface area contributed by atoms with E-state index in [1.807, 2.05) is 4.90 Å². The summed E-state index contributed by atoms with van der Waals surface area (Å²) in [6.45, 7) is 2.23. The Bertz CT molecular complexity index is 862. The molecule has 1 saturated heterocycles. The van der Waals surface area contributed by atoms with Crippen LogP contribution in [0.25, 0.3) is 0 Å². The van der Waals surface area contributed by atoms with Crippen molar-refractivity contribution in [1.82, 2.24) is 4.90 Å². The van der Waals surface area contributed by atoms with Crippen molar-refractivity contribution in [2.75, 3.05) is 26.3 Å². The molecule has 2 aromatic rings. The van der Waals surface area contributed by atoms with E-state index in [-0.39, 0.29) is 4.90 Å². The lowest BCUT2D eigenvalue weighted by Gasteiger charge is -2.29. The third-order valence-electron chi connectivity index (χ3n) is 3.73. The number of amidine groups is 1. The molecule has 25 heavy (non-hydrogen) atoms. The van der Waals surface area contributed by atoms with Crippen molar-refractivity contribution in [2.45, 2.75) is 4.90 Å². The highest BCUT2D eigenvalue weighted by Gasteiger charge is 2.21. The number of sulfonamides is 1. The molecule has 0 spiro atoms. The maximum atomic E-state index is 12.8. The quantitative estimate of drug-likeness (QED) is 0.537. The number of rotatable bonds is 3. The summed E-state index contributed by atoms with van der Waals surface area (Å²) in [7, 11) is -3.83. The summed E-state index contributed by atoms with van der Waals surface area (Å²) in [5, 5.41) is 0.584. The topological polar surface area (TPSA) is 59.0 Å². The maximum absolute atomic E-state index is 12.8. The molecule has 0 amide bonds. The van der Waals surface area contributed by atoms with Crippen molar-refractivity contribution in [3.8, 4) is 0 Å². The van der Waals surface area contributed by atoms with E-state index in [2.05, 4.69) is 20.3 Å². The second-order valence-electron chi connectivity index (χ2n) is 5.45. The van der Waals surface area contributed by atoms with E-state index in [1.54, 1.807) is 36.4 Å². The number of benzene rings is 2. The Kier molecular flexibility index (Phi) is 5.78. The molecule has 0 aliphatic carbocycles. The van der Waals surface area contributed by atoms with Crippen LogP contribution in [0.15, 0.2) is 62.3 Å². The van der Waals surface area contributed by atoms with Gasteiger partial charge in [-0.05, 0) is 48.5 Å². The van der Waals surface area contributed by atoms with E-state index in [9.17, 15) is 8.42 Å². The van der Waals surface area contributed by atoms with E-state index >= 15 is 0 Å². The lowest BCUT2D eigenvalue weighted by molar-refractivity contribution is 0.0683. The smallest absolute Gasteiger partial charge is 0.284 e. The van der Waals surface area contributed by atoms with E-state index in [0.717, 1.165) is 4.47 Å². The zero-order valence-electron chi connectivity index (χ0n) is 13.2. The molecular formula is C17H16BrClN2O3S. The second-order valence-corrected chi connectivity index (χ2v) is 8.41. The molecular weight excluding hydrogens is 428 g/mol. The standard InChI is InChI=1S/C17H16BrClN2O3S/c18-14-3-7-16(8-4-14)25(22,23)20-17(21-9-11-24-12-10-21)13-1-5-15(19)6-2-13/h1-8H,9-12H2/b20-17+. The van der Waals surface area contributed by atoms with E-state index in [4.69, 9.17) is 16.3 Å². The number of hydrogen-bond donors (Lipinski definition) is 0. The van der Waals surface area contributed by atoms with E-state index in [0.29, 0.717) is 42.7 Å². The molecule has 132 valence electrons. The van der Waals surface area contributed by atoms with Gasteiger partial charge >= 0.3 is 0 Å². The van der Waals surface area contributed by atoms with Gasteiger partial charge in [0.25, 0.3) is 10.0 Å². The van der Waals surface area contributed by atoms with Gasteiger partial charge in [-0.25, -0.2) is 0 Å². The molecule has 1 aliphatic heterocycles. The Labute approximate surface area is 160 Å². The number of ether oxygens (including phenoxy) is 1. The Hall–Kier alpha value is -1.41. The molecule has 3 rings (SSSR count). The lowest BCUT2D eigenvalue weighted by atomic mass is 10.2. The van der Waals surface area contributed by atoms with Crippen LogP contribution >= 0.6 is 27.5 Å². The van der Waals surface area contributed by atoms with Gasteiger partial charge in [-0.2, -0.15) is 8.42 Å². The Balaban J connectivity index is 2.04. The van der Waals surface area contributed by atoms with Crippen LogP contribution in [0.2, 0.25) is 5.02 Å². The van der Waals surface area contributed by atoms with Crippen molar-refractivity contribution >= 4 is 43.4 Å². The summed E-state index contributed by atoms with van der Waals surface area (Å²) in [6, 6.07) is 13.4. The summed E-state index contributed by atoms with van der Waals surface area (Å²) in [5.74, 6) is 0.405. The van der Waals surface area contributed by atoms with Crippen molar-refractivity contribution in [3.63, 3.8) is 0 Å². The van der Waals surface area contributed by atoms with E-state index in [1.165, 1.54) is 12.1 Å². The van der Waals surface area contributed by atoms with Crippen LogP contribution in [-0.2, 0) is 14.8 Å². The summed E-state index contributed by atoms with van der Waals surface area (Å²) in [5.41, 5.74) is 0.701. The van der Waals surface area contributed by atoms with Crippen molar-refractivity contribution < 1.29 is 13.2 Å². The van der Waals surface area contributed by atoms with Gasteiger partial charge in [0.1, 0.15) is 5.84 Å². The van der Waals surface area contributed by atoms with Crippen LogP contribution in [-0.4, -0.2) is 45.5 Å². The molecule has 0 saturated carbocycles. The fraction of sp³-hybridized carbons (Fsp3) is 0.235. The number of halogens is 2. The number of hydrogen-bond acceptors (Lipinski definition) is 3. The normalized spacial score (nSPS) is 16.1. The molecule has 0 N–H and O–H groups in total. The van der Waals surface area contributed by atoms with Gasteiger partial charge in [-0.1, -0.05) is 27.5 Å². The minimum Gasteiger partial charge on any atom is -0.378 e. The van der Waals surface area contributed by atoms with Crippen LogP contribution in [0.1, 0.15) is 5.56 Å². The van der Waals surface area contributed by atoms with Crippen molar-refractivity contribution in [2.24, 2.45) is 4.40 Å². The minimum atomic E-state index is -3.83. The van der Waals surface area contributed by atoms with Crippen LogP contribution in [0, 0.1) is 0 Å². The Morgan fingerprint density at radius 3 is 2.24 bits per heavy atom. The molecule has 0 bridgehead atoms. The average Bonchev–Trinajstić information content (AvgIpc) is 2.62. The molecule has 2 aromatic carbocycles. The number of morpholine rings is 1. The third kappa shape index (κ3) is 4.61. The third-order valence-corrected chi connectivity index (χ3v) is 5.79. The van der Waals surface area contributed by atoms with Gasteiger partial charge in [0.05, 0.1) is 18.1 Å². The van der Waals surface area contributed by atoms with Gasteiger partial charge in [0, 0.05) is 28.1 Å². The minimum absolute atomic E-state index is 0.149. The van der Waals surface area contributed by atoms with E-state index < -0.39 is 10.0 Å². The molecule has 5 nitrogen and oxygen atoms in total. The van der Waals surface area contributed by atoms with Crippen molar-refractivity contribution in [3.05, 3.63) is 63.6 Å². The zero-order valence-corrected chi connectivity index (χ0v) is 16.4. The Morgan fingerprint density at radius 1 is 1.04 bits per heavy atom. The van der Waals surface area contributed by atoms with Gasteiger partial charge in [0.2, 0.25) is 0 Å². The average molecular weight is 444 g/mol. The highest BCUT2D eigenvalue weighted by atomic mass is 79.9. The molecule has 1 fully saturated rings. The fourth-order valence-corrected chi connectivity index (χ4v) is 3.86. The molecule has 0 aromatic heterocycles. The highest BCUT2D eigenvalue weighted by molar-refractivity contribution is 9.10. The summed E-state index contributed by atoms with van der Waals surface area (Å²) >= 11 is 9.25. The molecule has 0 radical (unpaired) electrons. The van der Waals surface area contributed by atoms with Crippen LogP contribution < -0.4 is 0 Å². The lowest BCUT2D eigenvalue weighted by Crippen LogP contribution is -2.41. The maximum Gasteiger partial charge on any atom is 0.284 e. The first-order chi connectivity index (χ1) is 12.0. The summed E-state index contributed by atoms with van der Waals surface area (Å²) in [4.78, 5) is 2.07. The highest BCUT2D eigenvalue weighted by Crippen LogP contribution is 2.20. The molecule has 1 heterocycles. The first-order valence-corrected chi connectivity index (χ1v) is 10.3. The number of nitrogens with zero attached hydrogens (tertiary/aromatic N) is 2. The SMILES string of the molecule is O=S(=O)(/N=C(\c1ccc(Cl)cc1)N1CCOCC1)c1ccc(Br)cc1. The van der Waals surface area contributed by atoms with Gasteiger partial charge in [-0.3, -0.25) is 0 Å². The largest absolute Gasteiger partial charge is 0.378 e. The van der Waals surface area contributed by atoms with Crippen LogP contribution in [0.3, 0.4) is 0 Å². The van der Waals surface area contributed by atoms with Gasteiger partial charge in [0.15, 0.2) is 0 Å². The second kappa shape index (κ2) is 7.86. The first-order valence-electron chi connectivity index (χ1n) is 7.65. The summed E-state index contributed by atoms with van der Waals surface area (Å²) < 4.78 is 35.8. The van der Waals surface area contributed by atoms with Gasteiger partial charge in [-0.15, -0.1) is 4.40 Å². The van der Waals surface area contributed by atoms with Crippen molar-refractivity contribution in [1.29, 1.82) is 0 Å². The molecule has 8 heteroatoms. The first kappa shape index (κ1) is 18.4. The predicted octanol–water partition coefficient (Wildman–Crippen LogP) is 3.57.